The standard InChI is InChI=1S/C15H22N2O2/c1-17(11-12-6-5-9-16-10-12)15(19)14(18)13-7-3-2-4-8-13/h2-4,7-8,12,14,16,18H,5-6,9-11H2,1H3. The molecule has 0 aromatic heterocycles. The Morgan fingerprint density at radius 3 is 2.84 bits per heavy atom. The monoisotopic (exact) mass is 262 g/mol. The Labute approximate surface area is 114 Å². The van der Waals surface area contributed by atoms with Gasteiger partial charge in [-0.05, 0) is 37.4 Å². The van der Waals surface area contributed by atoms with Crippen molar-refractivity contribution in [2.75, 3.05) is 26.7 Å². The van der Waals surface area contributed by atoms with E-state index in [1.165, 1.54) is 0 Å². The van der Waals surface area contributed by atoms with Crippen LogP contribution in [-0.2, 0) is 4.79 Å². The van der Waals surface area contributed by atoms with Gasteiger partial charge in [0.2, 0.25) is 0 Å². The third-order valence-electron chi connectivity index (χ3n) is 3.66. The largest absolute Gasteiger partial charge is 0.378 e. The molecule has 1 fully saturated rings. The van der Waals surface area contributed by atoms with E-state index in [4.69, 9.17) is 0 Å². The van der Waals surface area contributed by atoms with Crippen molar-refractivity contribution in [2.24, 2.45) is 5.92 Å². The Balaban J connectivity index is 1.91. The van der Waals surface area contributed by atoms with Crippen molar-refractivity contribution < 1.29 is 9.90 Å². The lowest BCUT2D eigenvalue weighted by molar-refractivity contribution is -0.139. The minimum absolute atomic E-state index is 0.225. The number of benzene rings is 1. The van der Waals surface area contributed by atoms with Crippen LogP contribution in [0.4, 0.5) is 0 Å². The molecule has 1 aromatic rings. The SMILES string of the molecule is CN(CC1CCCNC1)C(=O)C(O)c1ccccc1. The molecular formula is C15H22N2O2. The Kier molecular flexibility index (Phi) is 4.93. The molecule has 1 aromatic carbocycles. The molecule has 0 radical (unpaired) electrons. The number of aliphatic hydroxyl groups excluding tert-OH is 1. The summed E-state index contributed by atoms with van der Waals surface area (Å²) in [7, 11) is 1.77. The maximum atomic E-state index is 12.2. The summed E-state index contributed by atoms with van der Waals surface area (Å²) < 4.78 is 0. The van der Waals surface area contributed by atoms with E-state index in [0.29, 0.717) is 18.0 Å². The summed E-state index contributed by atoms with van der Waals surface area (Å²) >= 11 is 0. The fourth-order valence-electron chi connectivity index (χ4n) is 2.54. The lowest BCUT2D eigenvalue weighted by atomic mass is 9.99. The number of carbonyl (C=O) groups excluding carboxylic acids is 1. The van der Waals surface area contributed by atoms with Gasteiger partial charge in [0.25, 0.3) is 5.91 Å². The highest BCUT2D eigenvalue weighted by Crippen LogP contribution is 2.17. The van der Waals surface area contributed by atoms with Gasteiger partial charge in [-0.15, -0.1) is 0 Å². The second-order valence-corrected chi connectivity index (χ2v) is 5.24. The van der Waals surface area contributed by atoms with Crippen molar-refractivity contribution in [2.45, 2.75) is 18.9 Å². The van der Waals surface area contributed by atoms with Crippen molar-refractivity contribution in [3.05, 3.63) is 35.9 Å². The normalized spacial score (nSPS) is 20.8. The molecule has 1 heterocycles. The second-order valence-electron chi connectivity index (χ2n) is 5.24. The number of nitrogens with one attached hydrogen (secondary N) is 1. The lowest BCUT2D eigenvalue weighted by Crippen LogP contribution is -2.40. The van der Waals surface area contributed by atoms with Crippen molar-refractivity contribution in [1.29, 1.82) is 0 Å². The first-order valence-corrected chi connectivity index (χ1v) is 6.87. The molecule has 0 saturated carbocycles. The highest BCUT2D eigenvalue weighted by atomic mass is 16.3. The van der Waals surface area contributed by atoms with Crippen LogP contribution in [-0.4, -0.2) is 42.6 Å². The summed E-state index contributed by atoms with van der Waals surface area (Å²) in [5.41, 5.74) is 0.654. The molecule has 0 spiro atoms. The van der Waals surface area contributed by atoms with Gasteiger partial charge in [0.1, 0.15) is 0 Å². The Morgan fingerprint density at radius 1 is 1.47 bits per heavy atom. The summed E-state index contributed by atoms with van der Waals surface area (Å²) in [6, 6.07) is 9.09. The zero-order chi connectivity index (χ0) is 13.7. The zero-order valence-electron chi connectivity index (χ0n) is 11.4. The first-order valence-electron chi connectivity index (χ1n) is 6.87. The van der Waals surface area contributed by atoms with E-state index in [0.717, 1.165) is 25.9 Å². The van der Waals surface area contributed by atoms with Crippen LogP contribution in [0.3, 0.4) is 0 Å². The van der Waals surface area contributed by atoms with Crippen LogP contribution in [0.15, 0.2) is 30.3 Å². The van der Waals surface area contributed by atoms with Crippen LogP contribution >= 0.6 is 0 Å². The van der Waals surface area contributed by atoms with Gasteiger partial charge in [0, 0.05) is 13.6 Å². The number of nitrogens with zero attached hydrogens (tertiary/aromatic N) is 1. The highest BCUT2D eigenvalue weighted by molar-refractivity contribution is 5.81. The molecule has 4 heteroatoms. The summed E-state index contributed by atoms with van der Waals surface area (Å²) in [5, 5.41) is 13.4. The molecule has 2 rings (SSSR count). The Hall–Kier alpha value is -1.39. The summed E-state index contributed by atoms with van der Waals surface area (Å²) in [6.45, 7) is 2.73. The van der Waals surface area contributed by atoms with Gasteiger partial charge >= 0.3 is 0 Å². The topological polar surface area (TPSA) is 52.6 Å². The molecule has 19 heavy (non-hydrogen) atoms. The molecule has 1 aliphatic heterocycles. The van der Waals surface area contributed by atoms with Gasteiger partial charge in [-0.3, -0.25) is 4.79 Å². The molecule has 1 saturated heterocycles. The second kappa shape index (κ2) is 6.68. The minimum atomic E-state index is -1.05. The molecular weight excluding hydrogens is 240 g/mol. The number of amides is 1. The van der Waals surface area contributed by atoms with E-state index >= 15 is 0 Å². The van der Waals surface area contributed by atoms with Crippen LogP contribution in [0.1, 0.15) is 24.5 Å². The van der Waals surface area contributed by atoms with Gasteiger partial charge in [0.15, 0.2) is 6.10 Å². The van der Waals surface area contributed by atoms with E-state index in [9.17, 15) is 9.90 Å². The first-order chi connectivity index (χ1) is 9.18. The van der Waals surface area contributed by atoms with Crippen LogP contribution in [0.5, 0.6) is 0 Å². The first kappa shape index (κ1) is 14.0. The molecule has 2 atom stereocenters. The van der Waals surface area contributed by atoms with Gasteiger partial charge in [-0.2, -0.15) is 0 Å². The molecule has 1 amide bonds. The number of likely N-dealkylation sites (N-methyl/N-ethyl adjacent to an activating group) is 1. The number of hydrogen-bond acceptors (Lipinski definition) is 3. The number of piperidine rings is 1. The van der Waals surface area contributed by atoms with Crippen LogP contribution in [0.2, 0.25) is 0 Å². The number of carbonyl (C=O) groups is 1. The fourth-order valence-corrected chi connectivity index (χ4v) is 2.54. The van der Waals surface area contributed by atoms with E-state index in [1.807, 2.05) is 18.2 Å². The Bertz CT molecular complexity index is 402. The molecule has 2 unspecified atom stereocenters. The van der Waals surface area contributed by atoms with E-state index in [1.54, 1.807) is 24.1 Å². The quantitative estimate of drug-likeness (QED) is 0.856. The van der Waals surface area contributed by atoms with Crippen molar-refractivity contribution in [1.82, 2.24) is 10.2 Å². The van der Waals surface area contributed by atoms with Crippen LogP contribution in [0.25, 0.3) is 0 Å². The molecule has 4 nitrogen and oxygen atoms in total. The zero-order valence-corrected chi connectivity index (χ0v) is 11.4. The van der Waals surface area contributed by atoms with Crippen LogP contribution in [0, 0.1) is 5.92 Å². The van der Waals surface area contributed by atoms with Crippen molar-refractivity contribution in [3.63, 3.8) is 0 Å². The molecule has 1 aliphatic rings. The van der Waals surface area contributed by atoms with Gasteiger partial charge in [-0.25, -0.2) is 0 Å². The average molecular weight is 262 g/mol. The van der Waals surface area contributed by atoms with E-state index in [2.05, 4.69) is 5.32 Å². The predicted molar refractivity (Wildman–Crippen MR) is 74.6 cm³/mol. The molecule has 0 bridgehead atoms. The van der Waals surface area contributed by atoms with Crippen LogP contribution < -0.4 is 5.32 Å². The van der Waals surface area contributed by atoms with E-state index in [-0.39, 0.29) is 5.91 Å². The number of hydrogen-bond donors (Lipinski definition) is 2. The predicted octanol–water partition coefficient (Wildman–Crippen LogP) is 1.18. The third kappa shape index (κ3) is 3.78. The minimum Gasteiger partial charge on any atom is -0.378 e. The van der Waals surface area contributed by atoms with Crippen molar-refractivity contribution >= 4 is 5.91 Å². The Morgan fingerprint density at radius 2 is 2.21 bits per heavy atom. The number of rotatable bonds is 4. The van der Waals surface area contributed by atoms with Gasteiger partial charge < -0.3 is 15.3 Å². The highest BCUT2D eigenvalue weighted by Gasteiger charge is 2.23. The molecule has 0 aliphatic carbocycles. The van der Waals surface area contributed by atoms with Crippen molar-refractivity contribution in [3.8, 4) is 0 Å². The average Bonchev–Trinajstić information content (AvgIpc) is 2.47. The maximum Gasteiger partial charge on any atom is 0.255 e. The lowest BCUT2D eigenvalue weighted by Gasteiger charge is -2.28. The smallest absolute Gasteiger partial charge is 0.255 e. The maximum absolute atomic E-state index is 12.2. The third-order valence-corrected chi connectivity index (χ3v) is 3.66. The summed E-state index contributed by atoms with van der Waals surface area (Å²) in [5.74, 6) is 0.266. The molecule has 104 valence electrons. The summed E-state index contributed by atoms with van der Waals surface area (Å²) in [6.07, 6.45) is 1.25. The summed E-state index contributed by atoms with van der Waals surface area (Å²) in [4.78, 5) is 13.8. The van der Waals surface area contributed by atoms with E-state index < -0.39 is 6.10 Å². The fraction of sp³-hybridized carbons (Fsp3) is 0.533. The molecule has 2 N–H and O–H groups in total. The number of aliphatic hydroxyl groups is 1. The van der Waals surface area contributed by atoms with Gasteiger partial charge in [-0.1, -0.05) is 30.3 Å². The van der Waals surface area contributed by atoms with Gasteiger partial charge in [0.05, 0.1) is 0 Å².